The van der Waals surface area contributed by atoms with Gasteiger partial charge in [0.2, 0.25) is 0 Å². The molecule has 1 aromatic carbocycles. The van der Waals surface area contributed by atoms with Gasteiger partial charge in [0.1, 0.15) is 22.4 Å². The van der Waals surface area contributed by atoms with Crippen LogP contribution < -0.4 is 10.5 Å². The average molecular weight is 242 g/mol. The molecule has 0 aliphatic carbocycles. The number of nitrogens with one attached hydrogen (secondary N) is 1. The summed E-state index contributed by atoms with van der Waals surface area (Å²) in [6, 6.07) is 2.80. The number of ether oxygens (including phenoxy) is 1. The van der Waals surface area contributed by atoms with Crippen molar-refractivity contribution in [1.29, 1.82) is 0 Å². The molecular formula is C10H9ClFN3O. The van der Waals surface area contributed by atoms with Crippen LogP contribution in [0, 0.1) is 5.82 Å². The van der Waals surface area contributed by atoms with E-state index in [0.717, 1.165) is 0 Å². The molecule has 0 aliphatic heterocycles. The minimum atomic E-state index is -0.538. The van der Waals surface area contributed by atoms with Gasteiger partial charge >= 0.3 is 0 Å². The Hall–Kier alpha value is -1.75. The maximum absolute atomic E-state index is 13.2. The number of hydrogen-bond acceptors (Lipinski definition) is 3. The van der Waals surface area contributed by atoms with Gasteiger partial charge < -0.3 is 10.5 Å². The average Bonchev–Trinajstić information content (AvgIpc) is 2.68. The summed E-state index contributed by atoms with van der Waals surface area (Å²) in [6.45, 7) is 0. The zero-order valence-corrected chi connectivity index (χ0v) is 9.18. The van der Waals surface area contributed by atoms with Gasteiger partial charge in [-0.2, -0.15) is 5.10 Å². The summed E-state index contributed by atoms with van der Waals surface area (Å²) in [5.41, 5.74) is 6.90. The van der Waals surface area contributed by atoms with Crippen LogP contribution in [0.3, 0.4) is 0 Å². The molecule has 4 nitrogen and oxygen atoms in total. The van der Waals surface area contributed by atoms with Crippen molar-refractivity contribution in [2.45, 2.75) is 0 Å². The Morgan fingerprint density at radius 3 is 2.75 bits per heavy atom. The fourth-order valence-corrected chi connectivity index (χ4v) is 1.70. The molecule has 1 heterocycles. The lowest BCUT2D eigenvalue weighted by Crippen LogP contribution is -1.93. The molecule has 6 heteroatoms. The third-order valence-corrected chi connectivity index (χ3v) is 2.57. The number of rotatable bonds is 2. The molecule has 0 aliphatic rings. The number of anilines is 1. The Balaban J connectivity index is 2.66. The summed E-state index contributed by atoms with van der Waals surface area (Å²) < 4.78 is 18.3. The number of methoxy groups -OCH3 is 1. The molecule has 0 saturated heterocycles. The summed E-state index contributed by atoms with van der Waals surface area (Å²) in [4.78, 5) is 0. The predicted octanol–water partition coefficient (Wildman–Crippen LogP) is 2.46. The largest absolute Gasteiger partial charge is 0.494 e. The molecule has 0 radical (unpaired) electrons. The van der Waals surface area contributed by atoms with Crippen LogP contribution in [0.15, 0.2) is 18.3 Å². The summed E-state index contributed by atoms with van der Waals surface area (Å²) in [5.74, 6) is 0.0834. The summed E-state index contributed by atoms with van der Waals surface area (Å²) in [6.07, 6.45) is 1.53. The number of aromatic nitrogens is 2. The van der Waals surface area contributed by atoms with Crippen molar-refractivity contribution in [1.82, 2.24) is 10.2 Å². The molecular weight excluding hydrogens is 233 g/mol. The van der Waals surface area contributed by atoms with Crippen LogP contribution in [0.4, 0.5) is 10.2 Å². The highest BCUT2D eigenvalue weighted by Crippen LogP contribution is 2.39. The summed E-state index contributed by atoms with van der Waals surface area (Å²) in [7, 11) is 1.42. The number of nitrogen functional groups attached to an aromatic ring is 1. The van der Waals surface area contributed by atoms with Gasteiger partial charge in [-0.05, 0) is 12.1 Å². The fraction of sp³-hybridized carbons (Fsp3) is 0.100. The lowest BCUT2D eigenvalue weighted by molar-refractivity contribution is 0.413. The smallest absolute Gasteiger partial charge is 0.148 e. The van der Waals surface area contributed by atoms with Gasteiger partial charge in [0.25, 0.3) is 0 Å². The zero-order valence-electron chi connectivity index (χ0n) is 8.42. The topological polar surface area (TPSA) is 63.9 Å². The third-order valence-electron chi connectivity index (χ3n) is 2.21. The molecule has 0 atom stereocenters. The zero-order chi connectivity index (χ0) is 11.7. The van der Waals surface area contributed by atoms with E-state index in [4.69, 9.17) is 22.1 Å². The third kappa shape index (κ3) is 1.59. The van der Waals surface area contributed by atoms with Crippen molar-refractivity contribution in [3.8, 4) is 16.9 Å². The fourth-order valence-electron chi connectivity index (χ4n) is 1.45. The lowest BCUT2D eigenvalue weighted by Gasteiger charge is -2.09. The van der Waals surface area contributed by atoms with Gasteiger partial charge in [-0.3, -0.25) is 5.10 Å². The van der Waals surface area contributed by atoms with Crippen molar-refractivity contribution >= 4 is 17.4 Å². The number of nitrogens with two attached hydrogens (primary N) is 1. The van der Waals surface area contributed by atoms with Gasteiger partial charge in [0, 0.05) is 11.1 Å². The normalized spacial score (nSPS) is 10.4. The maximum atomic E-state index is 13.2. The number of halogens is 2. The van der Waals surface area contributed by atoms with E-state index in [1.54, 1.807) is 6.07 Å². The van der Waals surface area contributed by atoms with Crippen molar-refractivity contribution in [3.63, 3.8) is 0 Å². The van der Waals surface area contributed by atoms with Gasteiger partial charge in [-0.25, -0.2) is 4.39 Å². The molecule has 0 fully saturated rings. The number of nitrogens with zero attached hydrogens (tertiary/aromatic N) is 1. The second-order valence-corrected chi connectivity index (χ2v) is 3.52. The van der Waals surface area contributed by atoms with E-state index in [0.29, 0.717) is 16.9 Å². The highest BCUT2D eigenvalue weighted by atomic mass is 35.5. The molecule has 0 bridgehead atoms. The summed E-state index contributed by atoms with van der Waals surface area (Å²) in [5, 5.41) is 6.30. The molecule has 0 spiro atoms. The molecule has 1 aromatic heterocycles. The van der Waals surface area contributed by atoms with Crippen LogP contribution in [0.25, 0.3) is 11.1 Å². The van der Waals surface area contributed by atoms with Gasteiger partial charge in [-0.1, -0.05) is 11.6 Å². The SMILES string of the molecule is COc1c(-c2cn[nH]c2N)ccc(F)c1Cl. The van der Waals surface area contributed by atoms with E-state index < -0.39 is 5.82 Å². The van der Waals surface area contributed by atoms with E-state index in [9.17, 15) is 4.39 Å². The van der Waals surface area contributed by atoms with Crippen molar-refractivity contribution in [3.05, 3.63) is 29.2 Å². The van der Waals surface area contributed by atoms with Crippen LogP contribution in [0.5, 0.6) is 5.75 Å². The molecule has 2 rings (SSSR count). The molecule has 16 heavy (non-hydrogen) atoms. The van der Waals surface area contributed by atoms with Gasteiger partial charge in [-0.15, -0.1) is 0 Å². The summed E-state index contributed by atoms with van der Waals surface area (Å²) >= 11 is 5.80. The molecule has 3 N–H and O–H groups in total. The van der Waals surface area contributed by atoms with Gasteiger partial charge in [0.15, 0.2) is 0 Å². The second-order valence-electron chi connectivity index (χ2n) is 3.14. The van der Waals surface area contributed by atoms with E-state index in [1.807, 2.05) is 0 Å². The number of hydrogen-bond donors (Lipinski definition) is 2. The molecule has 0 saturated carbocycles. The van der Waals surface area contributed by atoms with E-state index in [-0.39, 0.29) is 10.8 Å². The minimum Gasteiger partial charge on any atom is -0.494 e. The number of benzene rings is 1. The standard InChI is InChI=1S/C10H9ClFN3O/c1-16-9-5(2-3-7(12)8(9)11)6-4-14-15-10(6)13/h2-4H,1H3,(H3,13,14,15). The van der Waals surface area contributed by atoms with Crippen LogP contribution in [-0.4, -0.2) is 17.3 Å². The monoisotopic (exact) mass is 241 g/mol. The van der Waals surface area contributed by atoms with Crippen molar-refractivity contribution < 1.29 is 9.13 Å². The van der Waals surface area contributed by atoms with E-state index in [1.165, 1.54) is 19.4 Å². The molecule has 2 aromatic rings. The Labute approximate surface area is 96.2 Å². The quantitative estimate of drug-likeness (QED) is 0.849. The first kappa shape index (κ1) is 10.8. The van der Waals surface area contributed by atoms with Crippen molar-refractivity contribution in [2.75, 3.05) is 12.8 Å². The molecule has 0 unspecified atom stereocenters. The maximum Gasteiger partial charge on any atom is 0.148 e. The van der Waals surface area contributed by atoms with E-state index >= 15 is 0 Å². The first-order valence-corrected chi connectivity index (χ1v) is 4.84. The number of aromatic amines is 1. The van der Waals surface area contributed by atoms with Crippen molar-refractivity contribution in [2.24, 2.45) is 0 Å². The van der Waals surface area contributed by atoms with Gasteiger partial charge in [0.05, 0.1) is 13.3 Å². The predicted molar refractivity (Wildman–Crippen MR) is 60.0 cm³/mol. The Morgan fingerprint density at radius 2 is 2.19 bits per heavy atom. The second kappa shape index (κ2) is 4.02. The highest BCUT2D eigenvalue weighted by Gasteiger charge is 2.16. The highest BCUT2D eigenvalue weighted by molar-refractivity contribution is 6.32. The van der Waals surface area contributed by atoms with Crippen LogP contribution in [0.1, 0.15) is 0 Å². The van der Waals surface area contributed by atoms with Crippen LogP contribution in [-0.2, 0) is 0 Å². The molecule has 84 valence electrons. The van der Waals surface area contributed by atoms with Crippen LogP contribution in [0.2, 0.25) is 5.02 Å². The molecule has 0 amide bonds. The van der Waals surface area contributed by atoms with E-state index in [2.05, 4.69) is 10.2 Å². The minimum absolute atomic E-state index is 0.0689. The first-order valence-electron chi connectivity index (χ1n) is 4.46. The Kier molecular flexibility index (Phi) is 2.70. The first-order chi connectivity index (χ1) is 7.65. The Bertz CT molecular complexity index is 527. The van der Waals surface area contributed by atoms with Crippen LogP contribution >= 0.6 is 11.6 Å². The lowest BCUT2D eigenvalue weighted by atomic mass is 10.1. The number of H-pyrrole nitrogens is 1. The Morgan fingerprint density at radius 1 is 1.44 bits per heavy atom.